The van der Waals surface area contributed by atoms with Crippen molar-refractivity contribution in [2.75, 3.05) is 59.8 Å². The molecule has 4 heterocycles. The maximum absolute atomic E-state index is 14.9. The summed E-state index contributed by atoms with van der Waals surface area (Å²) in [5.74, 6) is -0.399. The first-order valence-electron chi connectivity index (χ1n) is 31.7. The fraction of sp³-hybridized carbons (Fsp3) is 0.515. The lowest BCUT2D eigenvalue weighted by Crippen LogP contribution is -2.58. The van der Waals surface area contributed by atoms with E-state index in [4.69, 9.17) is 23.7 Å². The van der Waals surface area contributed by atoms with E-state index < -0.39 is 48.3 Å². The van der Waals surface area contributed by atoms with Crippen molar-refractivity contribution in [2.24, 2.45) is 11.8 Å². The van der Waals surface area contributed by atoms with E-state index in [0.29, 0.717) is 48.1 Å². The number of amides is 6. The summed E-state index contributed by atoms with van der Waals surface area (Å²) < 4.78 is 30.7. The molecule has 476 valence electrons. The predicted molar refractivity (Wildman–Crippen MR) is 336 cm³/mol. The largest absolute Gasteiger partial charge is 0.491 e. The smallest absolute Gasteiger partial charge is 0.255 e. The molecule has 1 aromatic heterocycles. The summed E-state index contributed by atoms with van der Waals surface area (Å²) in [5, 5.41) is 23.2. The van der Waals surface area contributed by atoms with Crippen molar-refractivity contribution < 1.29 is 57.6 Å². The fourth-order valence-electron chi connectivity index (χ4n) is 13.2. The van der Waals surface area contributed by atoms with E-state index in [-0.39, 0.29) is 106 Å². The third-order valence-corrected chi connectivity index (χ3v) is 18.9. The third-order valence-electron chi connectivity index (χ3n) is 18.0. The van der Waals surface area contributed by atoms with Gasteiger partial charge in [0.25, 0.3) is 5.91 Å². The van der Waals surface area contributed by atoms with Gasteiger partial charge in [-0.05, 0) is 111 Å². The number of aryl methyl sites for hydroxylation is 2. The molecule has 10 rings (SSSR count). The summed E-state index contributed by atoms with van der Waals surface area (Å²) in [6.45, 7) is 9.61. The number of nitrogens with zero attached hydrogens (tertiary/aromatic N) is 4. The van der Waals surface area contributed by atoms with Gasteiger partial charge < -0.3 is 64.8 Å². The molecule has 89 heavy (non-hydrogen) atoms. The van der Waals surface area contributed by atoms with E-state index >= 15 is 0 Å². The Bertz CT molecular complexity index is 3280. The zero-order chi connectivity index (χ0) is 62.6. The molecule has 3 fully saturated rings. The highest BCUT2D eigenvalue weighted by molar-refractivity contribution is 7.13. The normalized spacial score (nSPS) is 21.0. The number of carbonyl (C=O) groups excluding carboxylic acids is 6. The number of aliphatic hydroxyl groups is 1. The summed E-state index contributed by atoms with van der Waals surface area (Å²) in [4.78, 5) is 94.7. The molecule has 0 bridgehead atoms. The van der Waals surface area contributed by atoms with Crippen molar-refractivity contribution in [3.8, 4) is 27.7 Å². The summed E-state index contributed by atoms with van der Waals surface area (Å²) >= 11 is 1.52. The molecule has 2 aliphatic carbocycles. The average Bonchev–Trinajstić information content (AvgIpc) is 1.79. The third kappa shape index (κ3) is 15.8. The number of fused-ring (bicyclic) bond motifs is 2. The molecule has 6 amide bonds. The topological polar surface area (TPSA) is 240 Å². The Balaban J connectivity index is 0.694. The molecule has 3 aliphatic heterocycles. The molecule has 2 saturated heterocycles. The molecule has 5 N–H and O–H groups in total. The van der Waals surface area contributed by atoms with Gasteiger partial charge in [0, 0.05) is 49.7 Å². The lowest BCUT2D eigenvalue weighted by molar-refractivity contribution is -0.143. The second-order valence-corrected chi connectivity index (χ2v) is 25.3. The molecular formula is C68H86N8O12S. The van der Waals surface area contributed by atoms with Crippen LogP contribution in [0.5, 0.6) is 17.2 Å². The van der Waals surface area contributed by atoms with Crippen molar-refractivity contribution in [1.82, 2.24) is 41.0 Å². The number of aliphatic hydroxyl groups excluding tert-OH is 1. The second kappa shape index (κ2) is 30.4. The van der Waals surface area contributed by atoms with Crippen LogP contribution in [0.15, 0.2) is 96.5 Å². The van der Waals surface area contributed by atoms with Crippen LogP contribution in [-0.2, 0) is 53.0 Å². The van der Waals surface area contributed by atoms with Crippen LogP contribution < -0.4 is 35.5 Å². The van der Waals surface area contributed by atoms with Crippen molar-refractivity contribution in [1.29, 1.82) is 0 Å². The Morgan fingerprint density at radius 1 is 0.742 bits per heavy atom. The number of ether oxygens (including phenoxy) is 5. The molecule has 5 aromatic rings. The van der Waals surface area contributed by atoms with Gasteiger partial charge in [-0.1, -0.05) is 93.8 Å². The van der Waals surface area contributed by atoms with Crippen LogP contribution >= 0.6 is 11.3 Å². The molecule has 20 nitrogen and oxygen atoms in total. The van der Waals surface area contributed by atoms with E-state index in [1.54, 1.807) is 47.5 Å². The van der Waals surface area contributed by atoms with Crippen molar-refractivity contribution in [3.63, 3.8) is 0 Å². The lowest BCUT2D eigenvalue weighted by atomic mass is 9.83. The minimum atomic E-state index is -0.937. The van der Waals surface area contributed by atoms with Gasteiger partial charge in [-0.2, -0.15) is 0 Å². The maximum atomic E-state index is 14.9. The number of aromatic nitrogens is 1. The summed E-state index contributed by atoms with van der Waals surface area (Å²) in [5.41, 5.74) is 8.03. The van der Waals surface area contributed by atoms with Crippen LogP contribution in [0.1, 0.15) is 123 Å². The minimum absolute atomic E-state index is 0.0190. The summed E-state index contributed by atoms with van der Waals surface area (Å²) in [7, 11) is 1.72. The molecule has 0 radical (unpaired) electrons. The van der Waals surface area contributed by atoms with E-state index in [1.807, 2.05) is 81.4 Å². The average molecular weight is 1240 g/mol. The number of likely N-dealkylation sites (N-methyl/N-ethyl adjacent to an activating group) is 1. The Morgan fingerprint density at radius 2 is 1.45 bits per heavy atom. The van der Waals surface area contributed by atoms with Gasteiger partial charge in [0.05, 0.1) is 67.2 Å². The number of rotatable bonds is 27. The first kappa shape index (κ1) is 64.6. The number of likely N-dealkylation sites (tertiary alicyclic amines) is 2. The van der Waals surface area contributed by atoms with E-state index in [9.17, 15) is 33.9 Å². The Hall–Kier alpha value is -7.43. The Kier molecular flexibility index (Phi) is 22.0. The Morgan fingerprint density at radius 3 is 2.19 bits per heavy atom. The molecule has 1 saturated carbocycles. The van der Waals surface area contributed by atoms with Gasteiger partial charge in [-0.15, -0.1) is 11.3 Å². The monoisotopic (exact) mass is 1240 g/mol. The SMILES string of the molecule is CN[C@@H](C)C(=O)N[C@H](C(=O)N1C[C@@H](Oc2cccc(OCCOCCOCCOc3cc(-c4scnc4C)ccc3CNC(=O)[C@@H]3C[C@@H](O)CN3C(=O)[C@H](C(C)C)N3Cc4ccccc4C3=O)c2)C[C@H]1C(=O)N[C@@H]1CCCc2ccccc21)C1CCCCC1. The fourth-order valence-corrected chi connectivity index (χ4v) is 14.0. The molecular weight excluding hydrogens is 1150 g/mol. The molecule has 0 spiro atoms. The second-order valence-electron chi connectivity index (χ2n) is 24.4. The number of nitrogens with one attached hydrogen (secondary N) is 4. The number of hydrogen-bond acceptors (Lipinski definition) is 15. The highest BCUT2D eigenvalue weighted by Crippen LogP contribution is 2.36. The van der Waals surface area contributed by atoms with Gasteiger partial charge in [0.1, 0.15) is 60.7 Å². The van der Waals surface area contributed by atoms with Crippen LogP contribution in [0.4, 0.5) is 0 Å². The van der Waals surface area contributed by atoms with Gasteiger partial charge in [0.15, 0.2) is 0 Å². The number of benzene rings is 4. The van der Waals surface area contributed by atoms with Crippen LogP contribution in [0, 0.1) is 18.8 Å². The van der Waals surface area contributed by atoms with Crippen molar-refractivity contribution in [3.05, 3.63) is 130 Å². The number of carbonyl (C=O) groups is 6. The first-order chi connectivity index (χ1) is 43.1. The van der Waals surface area contributed by atoms with Gasteiger partial charge in [-0.3, -0.25) is 28.8 Å². The van der Waals surface area contributed by atoms with Crippen molar-refractivity contribution in [2.45, 2.75) is 153 Å². The van der Waals surface area contributed by atoms with Crippen LogP contribution in [0.25, 0.3) is 10.4 Å². The minimum Gasteiger partial charge on any atom is -0.491 e. The lowest BCUT2D eigenvalue weighted by Gasteiger charge is -2.35. The molecule has 4 aromatic carbocycles. The van der Waals surface area contributed by atoms with Crippen molar-refractivity contribution >= 4 is 46.8 Å². The van der Waals surface area contributed by atoms with Crippen LogP contribution in [-0.4, -0.2) is 162 Å². The van der Waals surface area contributed by atoms with E-state index in [0.717, 1.165) is 78.6 Å². The first-order valence-corrected chi connectivity index (χ1v) is 32.6. The standard InChI is InChI=1S/C68H86N8O12S/c1-42(2)61(76-38-49-18-10-12-23-55(49)66(76)81)68(83)74-39-50(77)34-57(74)64(79)70-37-48-26-25-47(62-43(3)71-41-89-62)33-59(48)87-32-30-85-28-27-84-29-31-86-51-20-14-21-52(35-51)88-53-36-58(65(80)72-56-24-13-19-45-15-9-11-22-54(45)56)75(40-53)67(82)60(46-16-7-6-8-17-46)73-63(78)44(4)69-5/h9-12,14-15,18,20-23,25-26,33,35,41-42,44,46,50,53,56-58,60-61,69,77H,6-8,13,16-17,19,24,27-32,34,36-40H2,1-5H3,(H,70,79)(H,72,80)(H,73,78)/t44-,50+,53-,56+,57-,58-,60-,61-/m0/s1. The summed E-state index contributed by atoms with van der Waals surface area (Å²) in [6, 6.07) is 24.6. The molecule has 5 aliphatic rings. The molecule has 21 heteroatoms. The Labute approximate surface area is 525 Å². The highest BCUT2D eigenvalue weighted by atomic mass is 32.1. The highest BCUT2D eigenvalue weighted by Gasteiger charge is 2.48. The molecule has 0 unspecified atom stereocenters. The predicted octanol–water partition coefficient (Wildman–Crippen LogP) is 7.08. The van der Waals surface area contributed by atoms with E-state index in [2.05, 4.69) is 38.4 Å². The zero-order valence-corrected chi connectivity index (χ0v) is 52.6. The van der Waals surface area contributed by atoms with Gasteiger partial charge in [-0.25, -0.2) is 4.98 Å². The number of hydrogen-bond donors (Lipinski definition) is 5. The van der Waals surface area contributed by atoms with Crippen LogP contribution in [0.2, 0.25) is 0 Å². The van der Waals surface area contributed by atoms with E-state index in [1.165, 1.54) is 21.8 Å². The number of thiazole rings is 1. The van der Waals surface area contributed by atoms with Crippen LogP contribution in [0.3, 0.4) is 0 Å². The quantitative estimate of drug-likeness (QED) is 0.0330. The summed E-state index contributed by atoms with van der Waals surface area (Å²) in [6.07, 6.45) is 6.32. The van der Waals surface area contributed by atoms with Gasteiger partial charge >= 0.3 is 0 Å². The zero-order valence-electron chi connectivity index (χ0n) is 51.8. The molecule has 8 atom stereocenters. The maximum Gasteiger partial charge on any atom is 0.255 e. The number of β-amino-alcohol motifs (C(OH)–C–C–N with tert-alkyl or cyclic N) is 1. The van der Waals surface area contributed by atoms with Gasteiger partial charge in [0.2, 0.25) is 29.5 Å².